The summed E-state index contributed by atoms with van der Waals surface area (Å²) in [5.41, 5.74) is 0.656. The molecule has 20 heavy (non-hydrogen) atoms. The molecule has 2 aromatic rings. The van der Waals surface area contributed by atoms with Gasteiger partial charge in [-0.1, -0.05) is 11.6 Å². The Labute approximate surface area is 122 Å². The molecule has 7 heteroatoms. The van der Waals surface area contributed by atoms with E-state index in [4.69, 9.17) is 11.6 Å². The number of nitrogens with zero attached hydrogens (tertiary/aromatic N) is 4. The summed E-state index contributed by atoms with van der Waals surface area (Å²) < 4.78 is 3.29. The van der Waals surface area contributed by atoms with Gasteiger partial charge in [-0.05, 0) is 27.7 Å². The molecule has 2 rings (SSSR count). The van der Waals surface area contributed by atoms with Crippen LogP contribution >= 0.6 is 11.6 Å². The monoisotopic (exact) mass is 295 g/mol. The molecule has 0 spiro atoms. The van der Waals surface area contributed by atoms with Gasteiger partial charge in [0.25, 0.3) is 0 Å². The minimum atomic E-state index is -0.202. The molecule has 0 saturated heterocycles. The van der Waals surface area contributed by atoms with Crippen LogP contribution in [0.1, 0.15) is 26.5 Å². The van der Waals surface area contributed by atoms with Crippen molar-refractivity contribution in [3.8, 4) is 0 Å². The average Bonchev–Trinajstić information content (AvgIpc) is 2.84. The second kappa shape index (κ2) is 5.28. The van der Waals surface area contributed by atoms with Gasteiger partial charge >= 0.3 is 0 Å². The zero-order chi connectivity index (χ0) is 14.9. The maximum atomic E-state index is 12.0. The smallest absolute Gasteiger partial charge is 0.247 e. The molecular weight excluding hydrogens is 278 g/mol. The first-order chi connectivity index (χ1) is 9.25. The molecule has 0 fully saturated rings. The van der Waals surface area contributed by atoms with Crippen molar-refractivity contribution in [3.05, 3.63) is 29.2 Å². The minimum Gasteiger partial charge on any atom is -0.309 e. The Hall–Kier alpha value is -1.82. The second-order valence-corrected chi connectivity index (χ2v) is 6.09. The van der Waals surface area contributed by atoms with Crippen LogP contribution in [0.4, 0.5) is 5.82 Å². The highest BCUT2D eigenvalue weighted by Gasteiger charge is 2.20. The van der Waals surface area contributed by atoms with Crippen LogP contribution in [-0.4, -0.2) is 25.5 Å². The summed E-state index contributed by atoms with van der Waals surface area (Å²) in [6.07, 6.45) is 3.10. The van der Waals surface area contributed by atoms with E-state index in [1.165, 1.54) is 10.9 Å². The number of aryl methyl sites for hydroxylation is 1. The van der Waals surface area contributed by atoms with Gasteiger partial charge < -0.3 is 5.32 Å². The molecule has 0 saturated carbocycles. The van der Waals surface area contributed by atoms with E-state index in [0.717, 1.165) is 5.69 Å². The molecule has 2 heterocycles. The molecular formula is C13H18ClN5O. The fraction of sp³-hybridized carbons (Fsp3) is 0.462. The maximum absolute atomic E-state index is 12.0. The van der Waals surface area contributed by atoms with Gasteiger partial charge in [-0.3, -0.25) is 9.48 Å². The number of rotatable bonds is 3. The minimum absolute atomic E-state index is 0.112. The second-order valence-electron chi connectivity index (χ2n) is 5.66. The Bertz CT molecular complexity index is 623. The normalized spacial score (nSPS) is 11.7. The SMILES string of the molecule is Cc1cc(NC(=O)Cn2cc(Cl)cn2)n(C(C)(C)C)n1. The highest BCUT2D eigenvalue weighted by molar-refractivity contribution is 6.30. The standard InChI is InChI=1S/C13H18ClN5O/c1-9-5-11(19(17-9)13(2,3)4)16-12(20)8-18-7-10(14)6-15-18/h5-7H,8H2,1-4H3,(H,16,20). The number of nitrogens with one attached hydrogen (secondary N) is 1. The Morgan fingerprint density at radius 2 is 2.15 bits per heavy atom. The van der Waals surface area contributed by atoms with Crippen LogP contribution < -0.4 is 5.32 Å². The van der Waals surface area contributed by atoms with Crippen LogP contribution in [0.15, 0.2) is 18.5 Å². The van der Waals surface area contributed by atoms with Crippen LogP contribution in [0.3, 0.4) is 0 Å². The molecule has 6 nitrogen and oxygen atoms in total. The van der Waals surface area contributed by atoms with Crippen molar-refractivity contribution < 1.29 is 4.79 Å². The molecule has 1 amide bonds. The zero-order valence-corrected chi connectivity index (χ0v) is 12.8. The zero-order valence-electron chi connectivity index (χ0n) is 12.0. The third-order valence-corrected chi connectivity index (χ3v) is 2.84. The Kier molecular flexibility index (Phi) is 3.85. The van der Waals surface area contributed by atoms with E-state index in [0.29, 0.717) is 10.8 Å². The molecule has 1 N–H and O–H groups in total. The van der Waals surface area contributed by atoms with Crippen molar-refractivity contribution in [1.29, 1.82) is 0 Å². The lowest BCUT2D eigenvalue weighted by molar-refractivity contribution is -0.117. The van der Waals surface area contributed by atoms with Crippen molar-refractivity contribution in [2.75, 3.05) is 5.32 Å². The number of carbonyl (C=O) groups excluding carboxylic acids is 1. The molecule has 108 valence electrons. The number of hydrogen-bond acceptors (Lipinski definition) is 3. The van der Waals surface area contributed by atoms with Crippen molar-refractivity contribution in [1.82, 2.24) is 19.6 Å². The van der Waals surface area contributed by atoms with E-state index in [1.807, 2.05) is 33.8 Å². The first-order valence-corrected chi connectivity index (χ1v) is 6.68. The number of anilines is 1. The summed E-state index contributed by atoms with van der Waals surface area (Å²) in [6.45, 7) is 8.10. The van der Waals surface area contributed by atoms with Gasteiger partial charge in [-0.15, -0.1) is 0 Å². The van der Waals surface area contributed by atoms with Crippen LogP contribution in [0, 0.1) is 6.92 Å². The molecule has 0 aromatic carbocycles. The van der Waals surface area contributed by atoms with Gasteiger partial charge in [0.1, 0.15) is 12.4 Å². The summed E-state index contributed by atoms with van der Waals surface area (Å²) in [5.74, 6) is 0.508. The summed E-state index contributed by atoms with van der Waals surface area (Å²) >= 11 is 5.76. The first-order valence-electron chi connectivity index (χ1n) is 6.30. The van der Waals surface area contributed by atoms with Crippen molar-refractivity contribution in [2.45, 2.75) is 39.8 Å². The van der Waals surface area contributed by atoms with Gasteiger partial charge in [0.2, 0.25) is 5.91 Å². The number of halogens is 1. The molecule has 0 unspecified atom stereocenters. The third kappa shape index (κ3) is 3.39. The lowest BCUT2D eigenvalue weighted by Gasteiger charge is -2.22. The van der Waals surface area contributed by atoms with Gasteiger partial charge in [0.15, 0.2) is 0 Å². The predicted molar refractivity (Wildman–Crippen MR) is 77.8 cm³/mol. The van der Waals surface area contributed by atoms with Gasteiger partial charge in [-0.2, -0.15) is 10.2 Å². The highest BCUT2D eigenvalue weighted by atomic mass is 35.5. The first kappa shape index (κ1) is 14.6. The molecule has 0 aliphatic carbocycles. The maximum Gasteiger partial charge on any atom is 0.247 e. The Morgan fingerprint density at radius 3 is 2.70 bits per heavy atom. The van der Waals surface area contributed by atoms with Crippen LogP contribution in [0.25, 0.3) is 0 Å². The van der Waals surface area contributed by atoms with Crippen molar-refractivity contribution in [2.24, 2.45) is 0 Å². The molecule has 0 aliphatic heterocycles. The fourth-order valence-corrected chi connectivity index (χ4v) is 2.01. The van der Waals surface area contributed by atoms with E-state index in [2.05, 4.69) is 15.5 Å². The highest BCUT2D eigenvalue weighted by Crippen LogP contribution is 2.21. The summed E-state index contributed by atoms with van der Waals surface area (Å²) in [7, 11) is 0. The number of hydrogen-bond donors (Lipinski definition) is 1. The molecule has 0 atom stereocenters. The van der Waals surface area contributed by atoms with E-state index < -0.39 is 0 Å². The summed E-state index contributed by atoms with van der Waals surface area (Å²) in [4.78, 5) is 12.0. The molecule has 0 radical (unpaired) electrons. The van der Waals surface area contributed by atoms with E-state index in [-0.39, 0.29) is 18.0 Å². The van der Waals surface area contributed by atoms with E-state index >= 15 is 0 Å². The Morgan fingerprint density at radius 1 is 1.45 bits per heavy atom. The predicted octanol–water partition coefficient (Wildman–Crippen LogP) is 2.44. The van der Waals surface area contributed by atoms with Gasteiger partial charge in [0, 0.05) is 12.3 Å². The average molecular weight is 296 g/mol. The van der Waals surface area contributed by atoms with Crippen molar-refractivity contribution in [3.63, 3.8) is 0 Å². The lowest BCUT2D eigenvalue weighted by atomic mass is 10.1. The summed E-state index contributed by atoms with van der Waals surface area (Å²) in [6, 6.07) is 1.85. The van der Waals surface area contributed by atoms with Crippen molar-refractivity contribution >= 4 is 23.3 Å². The van der Waals surface area contributed by atoms with Gasteiger partial charge in [-0.25, -0.2) is 4.68 Å². The Balaban J connectivity index is 2.12. The molecule has 2 aromatic heterocycles. The number of aromatic nitrogens is 4. The van der Waals surface area contributed by atoms with Crippen LogP contribution in [-0.2, 0) is 16.9 Å². The quantitative estimate of drug-likeness (QED) is 0.946. The topological polar surface area (TPSA) is 64.7 Å². The lowest BCUT2D eigenvalue weighted by Crippen LogP contribution is -2.28. The number of carbonyl (C=O) groups is 1. The van der Waals surface area contributed by atoms with E-state index in [1.54, 1.807) is 10.9 Å². The fourth-order valence-electron chi connectivity index (χ4n) is 1.85. The third-order valence-electron chi connectivity index (χ3n) is 2.64. The number of amides is 1. The largest absolute Gasteiger partial charge is 0.309 e. The molecule has 0 bridgehead atoms. The van der Waals surface area contributed by atoms with Crippen LogP contribution in [0.2, 0.25) is 5.02 Å². The van der Waals surface area contributed by atoms with Gasteiger partial charge in [0.05, 0.1) is 22.5 Å². The summed E-state index contributed by atoms with van der Waals surface area (Å²) in [5, 5.41) is 11.7. The molecule has 0 aliphatic rings. The van der Waals surface area contributed by atoms with Crippen LogP contribution in [0.5, 0.6) is 0 Å². The van der Waals surface area contributed by atoms with E-state index in [9.17, 15) is 4.79 Å².